The Bertz CT molecular complexity index is 853. The summed E-state index contributed by atoms with van der Waals surface area (Å²) in [6, 6.07) is 3.59. The number of thiophene rings is 1. The van der Waals surface area contributed by atoms with E-state index in [2.05, 4.69) is 5.32 Å². The molecule has 1 heterocycles. The Balaban J connectivity index is 1.71. The van der Waals surface area contributed by atoms with Crippen LogP contribution < -0.4 is 15.8 Å². The highest BCUT2D eigenvalue weighted by molar-refractivity contribution is 7.17. The van der Waals surface area contributed by atoms with Gasteiger partial charge in [-0.15, -0.1) is 11.3 Å². The minimum Gasteiger partial charge on any atom is -0.484 e. The molecule has 0 aliphatic heterocycles. The van der Waals surface area contributed by atoms with E-state index < -0.39 is 5.91 Å². The molecule has 26 heavy (non-hydrogen) atoms. The summed E-state index contributed by atoms with van der Waals surface area (Å²) in [5.74, 6) is -0.235. The zero-order valence-corrected chi connectivity index (χ0v) is 16.4. The van der Waals surface area contributed by atoms with E-state index in [1.54, 1.807) is 12.1 Å². The molecule has 1 aromatic heterocycles. The van der Waals surface area contributed by atoms with Crippen LogP contribution in [0.25, 0.3) is 0 Å². The van der Waals surface area contributed by atoms with E-state index in [-0.39, 0.29) is 12.5 Å². The predicted octanol–water partition coefficient (Wildman–Crippen LogP) is 4.01. The summed E-state index contributed by atoms with van der Waals surface area (Å²) >= 11 is 7.58. The Hall–Kier alpha value is -2.05. The number of halogens is 1. The molecule has 138 valence electrons. The third-order valence-electron chi connectivity index (χ3n) is 4.45. The van der Waals surface area contributed by atoms with Gasteiger partial charge in [0, 0.05) is 9.90 Å². The predicted molar refractivity (Wildman–Crippen MR) is 105 cm³/mol. The van der Waals surface area contributed by atoms with Crippen molar-refractivity contribution in [1.29, 1.82) is 0 Å². The monoisotopic (exact) mass is 392 g/mol. The Labute approximate surface area is 161 Å². The lowest BCUT2D eigenvalue weighted by Gasteiger charge is -2.11. The normalized spacial score (nSPS) is 13.2. The van der Waals surface area contributed by atoms with E-state index in [0.29, 0.717) is 21.3 Å². The average Bonchev–Trinajstić information content (AvgIpc) is 2.95. The topological polar surface area (TPSA) is 81.4 Å². The smallest absolute Gasteiger partial charge is 0.262 e. The van der Waals surface area contributed by atoms with Gasteiger partial charge in [-0.3, -0.25) is 9.59 Å². The third-order valence-corrected chi connectivity index (χ3v) is 6.25. The number of ether oxygens (including phenoxy) is 1. The van der Waals surface area contributed by atoms with E-state index in [1.165, 1.54) is 11.3 Å². The maximum atomic E-state index is 12.3. The molecule has 1 aliphatic rings. The number of amides is 2. The van der Waals surface area contributed by atoms with E-state index in [0.717, 1.165) is 47.3 Å². The first-order valence-electron chi connectivity index (χ1n) is 8.50. The number of rotatable bonds is 5. The lowest BCUT2D eigenvalue weighted by atomic mass is 9.95. The molecule has 0 atom stereocenters. The molecule has 0 unspecified atom stereocenters. The van der Waals surface area contributed by atoms with Crippen molar-refractivity contribution in [3.8, 4) is 5.75 Å². The van der Waals surface area contributed by atoms with Crippen LogP contribution in [0.15, 0.2) is 12.1 Å². The summed E-state index contributed by atoms with van der Waals surface area (Å²) in [6.45, 7) is 3.62. The molecule has 0 spiro atoms. The fourth-order valence-corrected chi connectivity index (χ4v) is 4.64. The number of anilines is 1. The summed E-state index contributed by atoms with van der Waals surface area (Å²) in [5, 5.41) is 4.01. The number of carbonyl (C=O) groups is 2. The van der Waals surface area contributed by atoms with Gasteiger partial charge in [0.15, 0.2) is 6.61 Å². The van der Waals surface area contributed by atoms with Gasteiger partial charge >= 0.3 is 0 Å². The first-order chi connectivity index (χ1) is 12.4. The van der Waals surface area contributed by atoms with Crippen LogP contribution in [-0.4, -0.2) is 18.4 Å². The number of fused-ring (bicyclic) bond motifs is 1. The molecule has 1 aromatic carbocycles. The van der Waals surface area contributed by atoms with Crippen LogP contribution in [-0.2, 0) is 17.6 Å². The third kappa shape index (κ3) is 3.86. The van der Waals surface area contributed by atoms with Gasteiger partial charge < -0.3 is 15.8 Å². The van der Waals surface area contributed by atoms with Crippen LogP contribution >= 0.6 is 22.9 Å². The molecule has 1 aliphatic carbocycles. The second-order valence-electron chi connectivity index (χ2n) is 6.49. The Kier molecular flexibility index (Phi) is 5.53. The van der Waals surface area contributed by atoms with Crippen molar-refractivity contribution in [1.82, 2.24) is 0 Å². The molecule has 7 heteroatoms. The number of nitrogens with two attached hydrogens (primary N) is 1. The standard InChI is InChI=1S/C19H21ClN2O3S/c1-10-7-12(8-11(2)17(10)20)25-9-15(23)22-19-16(18(21)24)13-5-3-4-6-14(13)26-19/h7-8H,3-6,9H2,1-2H3,(H2,21,24)(H,22,23). The van der Waals surface area contributed by atoms with Gasteiger partial charge in [-0.25, -0.2) is 0 Å². The van der Waals surface area contributed by atoms with Crippen LogP contribution in [0.5, 0.6) is 5.75 Å². The van der Waals surface area contributed by atoms with E-state index in [1.807, 2.05) is 13.8 Å². The minimum absolute atomic E-state index is 0.152. The van der Waals surface area contributed by atoms with Gasteiger partial charge in [0.1, 0.15) is 10.8 Å². The van der Waals surface area contributed by atoms with Crippen LogP contribution in [0.4, 0.5) is 5.00 Å². The number of hydrogen-bond donors (Lipinski definition) is 2. The lowest BCUT2D eigenvalue weighted by molar-refractivity contribution is -0.118. The van der Waals surface area contributed by atoms with Crippen LogP contribution in [0, 0.1) is 13.8 Å². The quantitative estimate of drug-likeness (QED) is 0.806. The van der Waals surface area contributed by atoms with Crippen LogP contribution in [0.1, 0.15) is 44.8 Å². The zero-order valence-electron chi connectivity index (χ0n) is 14.8. The first-order valence-corrected chi connectivity index (χ1v) is 9.70. The minimum atomic E-state index is -0.496. The highest BCUT2D eigenvalue weighted by Gasteiger charge is 2.25. The van der Waals surface area contributed by atoms with Crippen molar-refractivity contribution >= 4 is 39.8 Å². The number of carbonyl (C=O) groups excluding carboxylic acids is 2. The van der Waals surface area contributed by atoms with Crippen LogP contribution in [0.2, 0.25) is 5.02 Å². The van der Waals surface area contributed by atoms with Crippen LogP contribution in [0.3, 0.4) is 0 Å². The number of aryl methyl sites for hydroxylation is 3. The highest BCUT2D eigenvalue weighted by Crippen LogP contribution is 2.37. The van der Waals surface area contributed by atoms with E-state index in [9.17, 15) is 9.59 Å². The molecule has 5 nitrogen and oxygen atoms in total. The molecule has 3 rings (SSSR count). The molecule has 0 saturated carbocycles. The van der Waals surface area contributed by atoms with E-state index in [4.69, 9.17) is 22.1 Å². The largest absolute Gasteiger partial charge is 0.484 e. The van der Waals surface area contributed by atoms with Crippen molar-refractivity contribution in [3.05, 3.63) is 44.3 Å². The van der Waals surface area contributed by atoms with Gasteiger partial charge in [0.05, 0.1) is 5.56 Å². The molecule has 0 radical (unpaired) electrons. The summed E-state index contributed by atoms with van der Waals surface area (Å²) in [5.41, 5.74) is 8.78. The summed E-state index contributed by atoms with van der Waals surface area (Å²) in [7, 11) is 0. The van der Waals surface area contributed by atoms with Gasteiger partial charge in [0.2, 0.25) is 0 Å². The molecule has 0 bridgehead atoms. The molecule has 2 aromatic rings. The highest BCUT2D eigenvalue weighted by atomic mass is 35.5. The van der Waals surface area contributed by atoms with Crippen molar-refractivity contribution in [2.45, 2.75) is 39.5 Å². The molecular formula is C19H21ClN2O3S. The fourth-order valence-electron chi connectivity index (χ4n) is 3.22. The molecule has 0 saturated heterocycles. The zero-order chi connectivity index (χ0) is 18.8. The van der Waals surface area contributed by atoms with Gasteiger partial charge in [0.25, 0.3) is 11.8 Å². The molecule has 3 N–H and O–H groups in total. The Morgan fingerprint density at radius 2 is 1.88 bits per heavy atom. The summed E-state index contributed by atoms with van der Waals surface area (Å²) in [4.78, 5) is 25.3. The fraction of sp³-hybridized carbons (Fsp3) is 0.368. The Morgan fingerprint density at radius 3 is 2.54 bits per heavy atom. The van der Waals surface area contributed by atoms with Crippen molar-refractivity contribution in [3.63, 3.8) is 0 Å². The van der Waals surface area contributed by atoms with Gasteiger partial charge in [-0.1, -0.05) is 11.6 Å². The average molecular weight is 393 g/mol. The van der Waals surface area contributed by atoms with Gasteiger partial charge in [-0.05, 0) is 68.4 Å². The van der Waals surface area contributed by atoms with Crippen molar-refractivity contribution in [2.24, 2.45) is 5.73 Å². The first kappa shape index (κ1) is 18.7. The second-order valence-corrected chi connectivity index (χ2v) is 7.97. The number of nitrogens with one attached hydrogen (secondary N) is 1. The Morgan fingerprint density at radius 1 is 1.23 bits per heavy atom. The molecule has 2 amide bonds. The van der Waals surface area contributed by atoms with Crippen molar-refractivity contribution < 1.29 is 14.3 Å². The number of benzene rings is 1. The maximum Gasteiger partial charge on any atom is 0.262 e. The second kappa shape index (κ2) is 7.68. The van der Waals surface area contributed by atoms with Crippen molar-refractivity contribution in [2.75, 3.05) is 11.9 Å². The SMILES string of the molecule is Cc1cc(OCC(=O)Nc2sc3c(c2C(N)=O)CCCC3)cc(C)c1Cl. The lowest BCUT2D eigenvalue weighted by Crippen LogP contribution is -2.22. The van der Waals surface area contributed by atoms with Gasteiger partial charge in [-0.2, -0.15) is 0 Å². The maximum absolute atomic E-state index is 12.3. The number of hydrogen-bond acceptors (Lipinski definition) is 4. The molecular weight excluding hydrogens is 372 g/mol. The summed E-state index contributed by atoms with van der Waals surface area (Å²) < 4.78 is 5.58. The summed E-state index contributed by atoms with van der Waals surface area (Å²) in [6.07, 6.45) is 3.89. The van der Waals surface area contributed by atoms with E-state index >= 15 is 0 Å². The number of primary amides is 1. The molecule has 0 fully saturated rings.